The Hall–Kier alpha value is -3.42. The molecule has 0 spiro atoms. The summed E-state index contributed by atoms with van der Waals surface area (Å²) in [4.78, 5) is 31.5. The third-order valence-electron chi connectivity index (χ3n) is 2.97. The van der Waals surface area contributed by atoms with E-state index >= 15 is 0 Å². The van der Waals surface area contributed by atoms with E-state index in [1.807, 2.05) is 0 Å². The molecule has 2 amide bonds. The number of pyridine rings is 2. The van der Waals surface area contributed by atoms with E-state index in [0.29, 0.717) is 11.4 Å². The lowest BCUT2D eigenvalue weighted by molar-refractivity contribution is 0.0941. The van der Waals surface area contributed by atoms with Crippen LogP contribution < -0.4 is 10.9 Å². The molecule has 2 heterocycles. The van der Waals surface area contributed by atoms with Crippen LogP contribution in [0.15, 0.2) is 59.0 Å². The second-order valence-corrected chi connectivity index (χ2v) is 4.71. The number of aromatic nitrogens is 2. The molecule has 0 aliphatic carbocycles. The van der Waals surface area contributed by atoms with Gasteiger partial charge in [0.05, 0.1) is 11.4 Å². The van der Waals surface area contributed by atoms with Crippen LogP contribution in [-0.4, -0.2) is 33.2 Å². The highest BCUT2D eigenvalue weighted by molar-refractivity contribution is 6.40. The number of nitrogens with zero attached hydrogens (tertiary/aromatic N) is 4. The third kappa shape index (κ3) is 4.80. The van der Waals surface area contributed by atoms with Crippen molar-refractivity contribution in [1.82, 2.24) is 20.8 Å². The molecule has 0 bridgehead atoms. The van der Waals surface area contributed by atoms with Crippen molar-refractivity contribution in [3.05, 3.63) is 60.2 Å². The Balaban J connectivity index is 1.94. The van der Waals surface area contributed by atoms with Crippen molar-refractivity contribution < 1.29 is 9.59 Å². The molecule has 0 aliphatic rings. The lowest BCUT2D eigenvalue weighted by Gasteiger charge is -2.03. The molecule has 0 atom stereocenters. The predicted molar refractivity (Wildman–Crippen MR) is 89.6 cm³/mol. The number of hydrogen-bond donors (Lipinski definition) is 2. The number of carbonyl (C=O) groups is 2. The zero-order valence-electron chi connectivity index (χ0n) is 13.2. The molecule has 0 fully saturated rings. The summed E-state index contributed by atoms with van der Waals surface area (Å²) in [6, 6.07) is 10.00. The Labute approximate surface area is 138 Å². The van der Waals surface area contributed by atoms with E-state index in [9.17, 15) is 9.59 Å². The monoisotopic (exact) mass is 324 g/mol. The summed E-state index contributed by atoms with van der Waals surface area (Å²) in [5.74, 6) is -0.861. The lowest BCUT2D eigenvalue weighted by atomic mass is 10.3. The van der Waals surface area contributed by atoms with Crippen LogP contribution in [0.3, 0.4) is 0 Å². The molecular formula is C16H16N6O2. The molecule has 2 aromatic rings. The van der Waals surface area contributed by atoms with E-state index in [2.05, 4.69) is 31.0 Å². The highest BCUT2D eigenvalue weighted by Gasteiger charge is 2.07. The molecule has 2 rings (SSSR count). The molecule has 24 heavy (non-hydrogen) atoms. The SMILES string of the molecule is CC(=NNC(=O)c1ccccn1)C(C)=NNC(=O)c1ccccn1. The van der Waals surface area contributed by atoms with Gasteiger partial charge in [0.15, 0.2) is 0 Å². The zero-order chi connectivity index (χ0) is 17.4. The van der Waals surface area contributed by atoms with Crippen molar-refractivity contribution in [2.24, 2.45) is 10.2 Å². The first-order valence-corrected chi connectivity index (χ1v) is 7.09. The predicted octanol–water partition coefficient (Wildman–Crippen LogP) is 1.39. The summed E-state index contributed by atoms with van der Waals surface area (Å²) >= 11 is 0. The van der Waals surface area contributed by atoms with Crippen LogP contribution in [0.5, 0.6) is 0 Å². The van der Waals surface area contributed by atoms with Crippen molar-refractivity contribution in [3.63, 3.8) is 0 Å². The molecular weight excluding hydrogens is 308 g/mol. The fraction of sp³-hybridized carbons (Fsp3) is 0.125. The van der Waals surface area contributed by atoms with Crippen molar-refractivity contribution in [2.75, 3.05) is 0 Å². The van der Waals surface area contributed by atoms with Crippen LogP contribution in [0.25, 0.3) is 0 Å². The number of nitrogens with one attached hydrogen (secondary N) is 2. The first-order valence-electron chi connectivity index (χ1n) is 7.09. The molecule has 0 unspecified atom stereocenters. The molecule has 0 aliphatic heterocycles. The quantitative estimate of drug-likeness (QED) is 0.640. The smallest absolute Gasteiger partial charge is 0.266 e. The second kappa shape index (κ2) is 8.28. The average Bonchev–Trinajstić information content (AvgIpc) is 2.64. The minimum Gasteiger partial charge on any atom is -0.266 e. The van der Waals surface area contributed by atoms with Crippen LogP contribution in [0.2, 0.25) is 0 Å². The Morgan fingerprint density at radius 3 is 1.54 bits per heavy atom. The summed E-state index contributed by atoms with van der Waals surface area (Å²) in [5.41, 5.74) is 6.16. The minimum atomic E-state index is -0.430. The minimum absolute atomic E-state index is 0.257. The van der Waals surface area contributed by atoms with Gasteiger partial charge >= 0.3 is 0 Å². The molecule has 2 aromatic heterocycles. The van der Waals surface area contributed by atoms with Gasteiger partial charge in [0, 0.05) is 12.4 Å². The fourth-order valence-corrected chi connectivity index (χ4v) is 1.54. The molecule has 0 radical (unpaired) electrons. The van der Waals surface area contributed by atoms with Crippen LogP contribution in [-0.2, 0) is 0 Å². The molecule has 2 N–H and O–H groups in total. The number of amides is 2. The standard InChI is InChI=1S/C16H16N6O2/c1-11(19-21-15(23)13-7-3-5-9-17-13)12(2)20-22-16(24)14-8-4-6-10-18-14/h3-10H,1-2H3,(H,21,23)(H,22,24). The fourth-order valence-electron chi connectivity index (χ4n) is 1.54. The molecule has 122 valence electrons. The highest BCUT2D eigenvalue weighted by atomic mass is 16.2. The maximum atomic E-state index is 11.8. The van der Waals surface area contributed by atoms with Crippen LogP contribution in [0.4, 0.5) is 0 Å². The normalized spacial score (nSPS) is 11.8. The molecule has 8 heteroatoms. The van der Waals surface area contributed by atoms with E-state index in [4.69, 9.17) is 0 Å². The Morgan fingerprint density at radius 1 is 0.792 bits per heavy atom. The summed E-state index contributed by atoms with van der Waals surface area (Å²) in [6.07, 6.45) is 3.04. The maximum absolute atomic E-state index is 11.8. The molecule has 0 saturated heterocycles. The van der Waals surface area contributed by atoms with Gasteiger partial charge in [-0.15, -0.1) is 0 Å². The average molecular weight is 324 g/mol. The van der Waals surface area contributed by atoms with E-state index in [-0.39, 0.29) is 11.4 Å². The largest absolute Gasteiger partial charge is 0.289 e. The highest BCUT2D eigenvalue weighted by Crippen LogP contribution is 1.94. The van der Waals surface area contributed by atoms with Gasteiger partial charge in [-0.05, 0) is 38.1 Å². The Morgan fingerprint density at radius 2 is 1.21 bits per heavy atom. The van der Waals surface area contributed by atoms with Crippen molar-refractivity contribution in [1.29, 1.82) is 0 Å². The van der Waals surface area contributed by atoms with Crippen LogP contribution in [0.1, 0.15) is 34.8 Å². The lowest BCUT2D eigenvalue weighted by Crippen LogP contribution is -2.24. The van der Waals surface area contributed by atoms with E-state index in [0.717, 1.165) is 0 Å². The van der Waals surface area contributed by atoms with Crippen molar-refractivity contribution >= 4 is 23.2 Å². The van der Waals surface area contributed by atoms with E-state index in [1.165, 1.54) is 12.4 Å². The summed E-state index contributed by atoms with van der Waals surface area (Å²) in [6.45, 7) is 3.31. The Bertz CT molecular complexity index is 704. The van der Waals surface area contributed by atoms with Crippen LogP contribution in [0, 0.1) is 0 Å². The van der Waals surface area contributed by atoms with Crippen molar-refractivity contribution in [3.8, 4) is 0 Å². The maximum Gasteiger partial charge on any atom is 0.289 e. The molecule has 8 nitrogen and oxygen atoms in total. The van der Waals surface area contributed by atoms with Gasteiger partial charge in [-0.25, -0.2) is 10.9 Å². The van der Waals surface area contributed by atoms with Gasteiger partial charge in [0.1, 0.15) is 11.4 Å². The summed E-state index contributed by atoms with van der Waals surface area (Å²) < 4.78 is 0. The van der Waals surface area contributed by atoms with Gasteiger partial charge < -0.3 is 0 Å². The number of rotatable bonds is 5. The first kappa shape index (κ1) is 16.9. The topological polar surface area (TPSA) is 109 Å². The summed E-state index contributed by atoms with van der Waals surface area (Å²) in [7, 11) is 0. The molecule has 0 aromatic carbocycles. The first-order chi connectivity index (χ1) is 11.6. The number of hydrazone groups is 2. The van der Waals surface area contributed by atoms with Gasteiger partial charge in [0.25, 0.3) is 11.8 Å². The third-order valence-corrected chi connectivity index (χ3v) is 2.97. The van der Waals surface area contributed by atoms with E-state index < -0.39 is 11.8 Å². The molecule has 0 saturated carbocycles. The number of hydrogen-bond acceptors (Lipinski definition) is 6. The second-order valence-electron chi connectivity index (χ2n) is 4.71. The van der Waals surface area contributed by atoms with Gasteiger partial charge in [-0.3, -0.25) is 19.6 Å². The van der Waals surface area contributed by atoms with E-state index in [1.54, 1.807) is 50.2 Å². The van der Waals surface area contributed by atoms with Gasteiger partial charge in [0.2, 0.25) is 0 Å². The van der Waals surface area contributed by atoms with Gasteiger partial charge in [-0.2, -0.15) is 10.2 Å². The zero-order valence-corrected chi connectivity index (χ0v) is 13.2. The summed E-state index contributed by atoms with van der Waals surface area (Å²) in [5, 5.41) is 7.86. The van der Waals surface area contributed by atoms with Crippen LogP contribution >= 0.6 is 0 Å². The van der Waals surface area contributed by atoms with Gasteiger partial charge in [-0.1, -0.05) is 12.1 Å². The van der Waals surface area contributed by atoms with Crippen molar-refractivity contribution in [2.45, 2.75) is 13.8 Å². The number of carbonyl (C=O) groups excluding carboxylic acids is 2. The Kier molecular flexibility index (Phi) is 5.84.